The molecule has 80 valence electrons. The molecule has 1 saturated heterocycles. The minimum atomic E-state index is -0.0971. The first-order valence-electron chi connectivity index (χ1n) is 5.70. The number of carbonyl (C=O) groups excluding carboxylic acids is 1. The van der Waals surface area contributed by atoms with Crippen LogP contribution >= 0.6 is 0 Å². The highest BCUT2D eigenvalue weighted by Gasteiger charge is 2.47. The maximum Gasteiger partial charge on any atom is 0.220 e. The average molecular weight is 196 g/mol. The molecule has 3 heteroatoms. The third kappa shape index (κ3) is 1.44. The summed E-state index contributed by atoms with van der Waals surface area (Å²) in [7, 11) is 0. The molecule has 1 unspecified atom stereocenters. The number of nitrogens with one attached hydrogen (secondary N) is 1. The van der Waals surface area contributed by atoms with Crippen LogP contribution in [0.2, 0.25) is 0 Å². The van der Waals surface area contributed by atoms with Crippen LogP contribution in [-0.2, 0) is 4.79 Å². The fourth-order valence-corrected chi connectivity index (χ4v) is 3.11. The van der Waals surface area contributed by atoms with Crippen LogP contribution in [0.15, 0.2) is 0 Å². The van der Waals surface area contributed by atoms with Crippen molar-refractivity contribution in [2.45, 2.75) is 45.1 Å². The lowest BCUT2D eigenvalue weighted by Crippen LogP contribution is -2.63. The topological polar surface area (TPSA) is 55.1 Å². The molecule has 1 amide bonds. The molecule has 1 aliphatic heterocycles. The number of hydrogen-bond acceptors (Lipinski definition) is 2. The summed E-state index contributed by atoms with van der Waals surface area (Å²) < 4.78 is 0. The van der Waals surface area contributed by atoms with E-state index in [2.05, 4.69) is 12.2 Å². The van der Waals surface area contributed by atoms with Gasteiger partial charge in [-0.25, -0.2) is 0 Å². The summed E-state index contributed by atoms with van der Waals surface area (Å²) in [5.41, 5.74) is 5.84. The second kappa shape index (κ2) is 3.54. The van der Waals surface area contributed by atoms with Gasteiger partial charge in [0.25, 0.3) is 0 Å². The average Bonchev–Trinajstić information content (AvgIpc) is 2.17. The van der Waals surface area contributed by atoms with Gasteiger partial charge < -0.3 is 11.1 Å². The van der Waals surface area contributed by atoms with Gasteiger partial charge in [-0.3, -0.25) is 4.79 Å². The summed E-state index contributed by atoms with van der Waals surface area (Å²) in [6, 6.07) is 0.691. The molecule has 1 spiro atoms. The fourth-order valence-electron chi connectivity index (χ4n) is 3.11. The Morgan fingerprint density at radius 2 is 2.14 bits per heavy atom. The Balaban J connectivity index is 1.92. The van der Waals surface area contributed by atoms with E-state index in [0.717, 1.165) is 19.4 Å². The lowest BCUT2D eigenvalue weighted by molar-refractivity contribution is -0.124. The van der Waals surface area contributed by atoms with Crippen molar-refractivity contribution in [3.8, 4) is 0 Å². The molecule has 14 heavy (non-hydrogen) atoms. The fraction of sp³-hybridized carbons (Fsp3) is 0.909. The van der Waals surface area contributed by atoms with E-state index in [1.807, 2.05) is 0 Å². The normalized spacial score (nSPS) is 42.1. The van der Waals surface area contributed by atoms with E-state index < -0.39 is 0 Å². The predicted octanol–water partition coefficient (Wildman–Crippen LogP) is 1.03. The summed E-state index contributed by atoms with van der Waals surface area (Å²) in [6.07, 6.45) is 5.60. The van der Waals surface area contributed by atoms with Crippen LogP contribution in [0.1, 0.15) is 39.0 Å². The molecule has 1 heterocycles. The quantitative estimate of drug-likeness (QED) is 0.693. The number of rotatable bonds is 2. The van der Waals surface area contributed by atoms with Gasteiger partial charge in [-0.2, -0.15) is 0 Å². The molecule has 2 rings (SSSR count). The molecule has 2 fully saturated rings. The molecule has 2 aliphatic rings. The van der Waals surface area contributed by atoms with Crippen molar-refractivity contribution in [1.82, 2.24) is 5.32 Å². The van der Waals surface area contributed by atoms with Gasteiger partial charge in [-0.15, -0.1) is 0 Å². The van der Waals surface area contributed by atoms with Crippen LogP contribution in [0.5, 0.6) is 0 Å². The zero-order valence-electron chi connectivity index (χ0n) is 8.88. The zero-order chi connectivity index (χ0) is 10.2. The SMILES string of the molecule is CCC1NCC12CCC(C(N)=O)CC2. The summed E-state index contributed by atoms with van der Waals surface area (Å²) in [4.78, 5) is 11.0. The van der Waals surface area contributed by atoms with Gasteiger partial charge in [-0.1, -0.05) is 6.92 Å². The first-order chi connectivity index (χ1) is 6.68. The van der Waals surface area contributed by atoms with E-state index in [0.29, 0.717) is 11.5 Å². The summed E-state index contributed by atoms with van der Waals surface area (Å²) in [5, 5.41) is 3.48. The standard InChI is InChI=1S/C11H20N2O/c1-2-9-11(7-13-9)5-3-8(4-6-11)10(12)14/h8-9,13H,2-7H2,1H3,(H2,12,14). The molecule has 0 aromatic carbocycles. The molecular weight excluding hydrogens is 176 g/mol. The third-order valence-electron chi connectivity index (χ3n) is 4.23. The van der Waals surface area contributed by atoms with Crippen molar-refractivity contribution in [2.24, 2.45) is 17.1 Å². The molecule has 3 N–H and O–H groups in total. The Kier molecular flexibility index (Phi) is 2.52. The van der Waals surface area contributed by atoms with Gasteiger partial charge in [0, 0.05) is 18.5 Å². The van der Waals surface area contributed by atoms with Crippen LogP contribution in [0.3, 0.4) is 0 Å². The lowest BCUT2D eigenvalue weighted by Gasteiger charge is -2.53. The number of hydrogen-bond donors (Lipinski definition) is 2. The van der Waals surface area contributed by atoms with Gasteiger partial charge in [0.1, 0.15) is 0 Å². The van der Waals surface area contributed by atoms with Gasteiger partial charge >= 0.3 is 0 Å². The third-order valence-corrected chi connectivity index (χ3v) is 4.23. The van der Waals surface area contributed by atoms with Crippen LogP contribution in [0, 0.1) is 11.3 Å². The van der Waals surface area contributed by atoms with Crippen molar-refractivity contribution >= 4 is 5.91 Å². The van der Waals surface area contributed by atoms with Crippen LogP contribution in [0.4, 0.5) is 0 Å². The van der Waals surface area contributed by atoms with Gasteiger partial charge in [0.15, 0.2) is 0 Å². The maximum absolute atomic E-state index is 11.0. The molecule has 0 aromatic heterocycles. The summed E-state index contributed by atoms with van der Waals surface area (Å²) in [5.74, 6) is 0.0545. The highest BCUT2D eigenvalue weighted by Crippen LogP contribution is 2.46. The van der Waals surface area contributed by atoms with E-state index in [1.54, 1.807) is 0 Å². The van der Waals surface area contributed by atoms with Gasteiger partial charge in [0.05, 0.1) is 0 Å². The monoisotopic (exact) mass is 196 g/mol. The Morgan fingerprint density at radius 1 is 1.50 bits per heavy atom. The Bertz CT molecular complexity index is 229. The van der Waals surface area contributed by atoms with E-state index in [9.17, 15) is 4.79 Å². The second-order valence-electron chi connectivity index (χ2n) is 4.88. The second-order valence-corrected chi connectivity index (χ2v) is 4.88. The first-order valence-corrected chi connectivity index (χ1v) is 5.70. The highest BCUT2D eigenvalue weighted by molar-refractivity contribution is 5.76. The van der Waals surface area contributed by atoms with E-state index in [1.165, 1.54) is 19.3 Å². The number of nitrogens with two attached hydrogens (primary N) is 1. The van der Waals surface area contributed by atoms with Crippen molar-refractivity contribution in [1.29, 1.82) is 0 Å². The molecule has 1 atom stereocenters. The molecule has 1 aliphatic carbocycles. The van der Waals surface area contributed by atoms with Crippen LogP contribution in [0.25, 0.3) is 0 Å². The molecule has 0 radical (unpaired) electrons. The van der Waals surface area contributed by atoms with E-state index >= 15 is 0 Å². The van der Waals surface area contributed by atoms with Crippen LogP contribution in [-0.4, -0.2) is 18.5 Å². The number of primary amides is 1. The molecular formula is C11H20N2O. The van der Waals surface area contributed by atoms with Gasteiger partial charge in [-0.05, 0) is 37.5 Å². The lowest BCUT2D eigenvalue weighted by atomic mass is 9.61. The Hall–Kier alpha value is -0.570. The smallest absolute Gasteiger partial charge is 0.220 e. The number of amides is 1. The van der Waals surface area contributed by atoms with Gasteiger partial charge in [0.2, 0.25) is 5.91 Å². The number of carbonyl (C=O) groups is 1. The minimum absolute atomic E-state index is 0.0971. The largest absolute Gasteiger partial charge is 0.369 e. The molecule has 0 bridgehead atoms. The van der Waals surface area contributed by atoms with Crippen LogP contribution < -0.4 is 11.1 Å². The maximum atomic E-state index is 11.0. The summed E-state index contributed by atoms with van der Waals surface area (Å²) in [6.45, 7) is 3.38. The first kappa shape index (κ1) is 9.97. The van der Waals surface area contributed by atoms with Crippen molar-refractivity contribution < 1.29 is 4.79 Å². The Morgan fingerprint density at radius 3 is 2.50 bits per heavy atom. The predicted molar refractivity (Wildman–Crippen MR) is 55.7 cm³/mol. The molecule has 3 nitrogen and oxygen atoms in total. The van der Waals surface area contributed by atoms with Crippen molar-refractivity contribution in [3.63, 3.8) is 0 Å². The van der Waals surface area contributed by atoms with E-state index in [-0.39, 0.29) is 11.8 Å². The van der Waals surface area contributed by atoms with Crippen molar-refractivity contribution in [3.05, 3.63) is 0 Å². The van der Waals surface area contributed by atoms with E-state index in [4.69, 9.17) is 5.73 Å². The minimum Gasteiger partial charge on any atom is -0.369 e. The molecule has 1 saturated carbocycles. The summed E-state index contributed by atoms with van der Waals surface area (Å²) >= 11 is 0. The Labute approximate surface area is 85.4 Å². The highest BCUT2D eigenvalue weighted by atomic mass is 16.1. The van der Waals surface area contributed by atoms with Crippen molar-refractivity contribution in [2.75, 3.05) is 6.54 Å². The zero-order valence-corrected chi connectivity index (χ0v) is 8.88. The molecule has 0 aromatic rings.